The third-order valence-corrected chi connectivity index (χ3v) is 3.38. The topological polar surface area (TPSA) is 77.5 Å². The predicted octanol–water partition coefficient (Wildman–Crippen LogP) is 3.03. The average molecular weight is 429 g/mol. The summed E-state index contributed by atoms with van der Waals surface area (Å²) in [6.07, 6.45) is 5.86. The van der Waals surface area contributed by atoms with Crippen molar-refractivity contribution in [3.05, 3.63) is 42.5 Å². The van der Waals surface area contributed by atoms with E-state index in [2.05, 4.69) is 19.9 Å². The number of benzene rings is 1. The summed E-state index contributed by atoms with van der Waals surface area (Å²) in [7, 11) is 1.64. The Bertz CT molecular complexity index is 609. The molecule has 0 aliphatic carbocycles. The van der Waals surface area contributed by atoms with E-state index < -0.39 is 0 Å². The van der Waals surface area contributed by atoms with Crippen molar-refractivity contribution in [1.29, 1.82) is 0 Å². The molecule has 23 heavy (non-hydrogen) atoms. The van der Waals surface area contributed by atoms with Crippen LogP contribution in [0.4, 0.5) is 5.69 Å². The number of aliphatic imine (C=N–C) groups is 1. The van der Waals surface area contributed by atoms with Crippen LogP contribution in [0, 0.1) is 6.92 Å². The first-order chi connectivity index (χ1) is 10.7. The van der Waals surface area contributed by atoms with Gasteiger partial charge in [-0.1, -0.05) is 0 Å². The summed E-state index contributed by atoms with van der Waals surface area (Å²) < 4.78 is 7.25. The highest BCUT2D eigenvalue weighted by atomic mass is 127. The second kappa shape index (κ2) is 10.1. The fraction of sp³-hybridized carbons (Fsp3) is 0.375. The molecule has 0 saturated carbocycles. The molecule has 1 heterocycles. The van der Waals surface area contributed by atoms with Gasteiger partial charge in [-0.3, -0.25) is 4.99 Å². The number of nitrogens with zero attached hydrogens (tertiary/aromatic N) is 3. The molecular formula is C16H24IN5O. The van der Waals surface area contributed by atoms with E-state index in [9.17, 15) is 0 Å². The van der Waals surface area contributed by atoms with Crippen LogP contribution in [0.15, 0.2) is 41.7 Å². The van der Waals surface area contributed by atoms with Crippen molar-refractivity contribution in [2.45, 2.75) is 26.3 Å². The molecule has 0 saturated heterocycles. The molecule has 0 amide bonds. The molecule has 7 heteroatoms. The van der Waals surface area contributed by atoms with Gasteiger partial charge in [0.2, 0.25) is 0 Å². The molecule has 3 N–H and O–H groups in total. The maximum Gasteiger partial charge on any atom is 0.193 e. The first kappa shape index (κ1) is 19.3. The summed E-state index contributed by atoms with van der Waals surface area (Å²) in [5.41, 5.74) is 6.77. The first-order valence-electron chi connectivity index (χ1n) is 7.38. The van der Waals surface area contributed by atoms with Crippen molar-refractivity contribution in [3.8, 4) is 5.75 Å². The number of aromatic nitrogens is 2. The second-order valence-electron chi connectivity index (χ2n) is 5.00. The van der Waals surface area contributed by atoms with Crippen LogP contribution < -0.4 is 15.8 Å². The lowest BCUT2D eigenvalue weighted by atomic mass is 10.3. The maximum absolute atomic E-state index is 5.87. The number of rotatable bonds is 7. The molecule has 0 radical (unpaired) electrons. The third-order valence-electron chi connectivity index (χ3n) is 3.38. The van der Waals surface area contributed by atoms with E-state index in [0.29, 0.717) is 12.5 Å². The Morgan fingerprint density at radius 3 is 2.65 bits per heavy atom. The van der Waals surface area contributed by atoms with Gasteiger partial charge in [-0.05, 0) is 44.0 Å². The van der Waals surface area contributed by atoms with Crippen LogP contribution in [0.2, 0.25) is 0 Å². The molecule has 0 spiro atoms. The summed E-state index contributed by atoms with van der Waals surface area (Å²) in [4.78, 5) is 8.53. The lowest BCUT2D eigenvalue weighted by Gasteiger charge is -2.07. The number of aryl methyl sites for hydroxylation is 2. The Hall–Kier alpha value is -1.77. The quantitative estimate of drug-likeness (QED) is 0.307. The third kappa shape index (κ3) is 6.47. The molecule has 0 fully saturated rings. The molecule has 1 aromatic heterocycles. The van der Waals surface area contributed by atoms with Gasteiger partial charge in [0.1, 0.15) is 11.6 Å². The number of nitrogens with two attached hydrogens (primary N) is 1. The van der Waals surface area contributed by atoms with E-state index in [-0.39, 0.29) is 24.0 Å². The van der Waals surface area contributed by atoms with Crippen molar-refractivity contribution in [1.82, 2.24) is 9.55 Å². The van der Waals surface area contributed by atoms with Crippen LogP contribution in [0.1, 0.15) is 18.7 Å². The van der Waals surface area contributed by atoms with Crippen molar-refractivity contribution >= 4 is 35.6 Å². The van der Waals surface area contributed by atoms with Crippen LogP contribution in [0.5, 0.6) is 5.75 Å². The molecule has 1 aromatic carbocycles. The minimum atomic E-state index is 0. The summed E-state index contributed by atoms with van der Waals surface area (Å²) in [5.74, 6) is 2.30. The van der Waals surface area contributed by atoms with E-state index in [1.165, 1.54) is 0 Å². The van der Waals surface area contributed by atoms with Gasteiger partial charge in [0.25, 0.3) is 0 Å². The van der Waals surface area contributed by atoms with Gasteiger partial charge in [0.05, 0.1) is 7.11 Å². The number of imidazole rings is 1. The Labute approximate surface area is 154 Å². The minimum Gasteiger partial charge on any atom is -0.497 e. The molecule has 0 aliphatic heterocycles. The minimum absolute atomic E-state index is 0. The highest BCUT2D eigenvalue weighted by Crippen LogP contribution is 2.14. The fourth-order valence-corrected chi connectivity index (χ4v) is 2.10. The van der Waals surface area contributed by atoms with E-state index in [4.69, 9.17) is 10.5 Å². The predicted molar refractivity (Wildman–Crippen MR) is 105 cm³/mol. The number of unbranched alkanes of at least 4 members (excludes halogenated alkanes) is 1. The number of anilines is 1. The van der Waals surface area contributed by atoms with Gasteiger partial charge in [-0.2, -0.15) is 0 Å². The Morgan fingerprint density at radius 2 is 2.04 bits per heavy atom. The lowest BCUT2D eigenvalue weighted by Crippen LogP contribution is -2.22. The molecule has 0 bridgehead atoms. The van der Waals surface area contributed by atoms with E-state index in [1.807, 2.05) is 43.6 Å². The molecule has 126 valence electrons. The molecule has 0 atom stereocenters. The number of hydrogen-bond donors (Lipinski definition) is 2. The summed E-state index contributed by atoms with van der Waals surface area (Å²) >= 11 is 0. The number of ether oxygens (including phenoxy) is 1. The molecule has 0 unspecified atom stereocenters. The number of nitrogens with one attached hydrogen (secondary N) is 1. The highest BCUT2D eigenvalue weighted by molar-refractivity contribution is 14.0. The van der Waals surface area contributed by atoms with Crippen molar-refractivity contribution in [2.24, 2.45) is 10.7 Å². The Kier molecular flexibility index (Phi) is 8.46. The highest BCUT2D eigenvalue weighted by Gasteiger charge is 1.98. The largest absolute Gasteiger partial charge is 0.497 e. The fourth-order valence-electron chi connectivity index (χ4n) is 2.10. The normalized spacial score (nSPS) is 11.0. The zero-order valence-corrected chi connectivity index (χ0v) is 15.9. The van der Waals surface area contributed by atoms with Crippen molar-refractivity contribution in [2.75, 3.05) is 19.0 Å². The van der Waals surface area contributed by atoms with E-state index in [1.54, 1.807) is 7.11 Å². The average Bonchev–Trinajstić information content (AvgIpc) is 2.93. The van der Waals surface area contributed by atoms with Gasteiger partial charge in [-0.25, -0.2) is 4.98 Å². The molecule has 0 aliphatic rings. The SMILES string of the molecule is COc1ccc(NC(N)=NCCCCn2ccnc2C)cc1.I. The van der Waals surface area contributed by atoms with E-state index >= 15 is 0 Å². The first-order valence-corrected chi connectivity index (χ1v) is 7.38. The van der Waals surface area contributed by atoms with Crippen molar-refractivity contribution < 1.29 is 4.74 Å². The zero-order chi connectivity index (χ0) is 15.8. The van der Waals surface area contributed by atoms with Gasteiger partial charge >= 0.3 is 0 Å². The Balaban J connectivity index is 0.00000264. The van der Waals surface area contributed by atoms with Crippen LogP contribution >= 0.6 is 24.0 Å². The second-order valence-corrected chi connectivity index (χ2v) is 5.00. The number of methoxy groups -OCH3 is 1. The summed E-state index contributed by atoms with van der Waals surface area (Å²) in [6, 6.07) is 7.57. The number of halogens is 1. The molecule has 2 rings (SSSR count). The van der Waals surface area contributed by atoms with Gasteiger partial charge < -0.3 is 20.4 Å². The summed E-state index contributed by atoms with van der Waals surface area (Å²) in [6.45, 7) is 3.69. The molecule has 6 nitrogen and oxygen atoms in total. The number of hydrogen-bond acceptors (Lipinski definition) is 3. The maximum atomic E-state index is 5.87. The lowest BCUT2D eigenvalue weighted by molar-refractivity contribution is 0.415. The van der Waals surface area contributed by atoms with Crippen LogP contribution in [-0.4, -0.2) is 29.2 Å². The number of guanidine groups is 1. The van der Waals surface area contributed by atoms with Crippen molar-refractivity contribution in [3.63, 3.8) is 0 Å². The smallest absolute Gasteiger partial charge is 0.193 e. The standard InChI is InChI=1S/C16H23N5O.HI/c1-13-18-10-12-21(13)11-4-3-9-19-16(17)20-14-5-7-15(22-2)8-6-14;/h5-8,10,12H,3-4,9,11H2,1-2H3,(H3,17,19,20);1H. The zero-order valence-electron chi connectivity index (χ0n) is 13.5. The van der Waals surface area contributed by atoms with Crippen LogP contribution in [0.25, 0.3) is 0 Å². The van der Waals surface area contributed by atoms with Crippen LogP contribution in [-0.2, 0) is 6.54 Å². The van der Waals surface area contributed by atoms with Gasteiger partial charge in [-0.15, -0.1) is 24.0 Å². The molecule has 2 aromatic rings. The van der Waals surface area contributed by atoms with Gasteiger partial charge in [0.15, 0.2) is 5.96 Å². The summed E-state index contributed by atoms with van der Waals surface area (Å²) in [5, 5.41) is 3.06. The monoisotopic (exact) mass is 429 g/mol. The van der Waals surface area contributed by atoms with Gasteiger partial charge in [0, 0.05) is 31.2 Å². The molecular weight excluding hydrogens is 405 g/mol. The Morgan fingerprint density at radius 1 is 1.30 bits per heavy atom. The van der Waals surface area contributed by atoms with E-state index in [0.717, 1.165) is 36.6 Å². The van der Waals surface area contributed by atoms with Crippen LogP contribution in [0.3, 0.4) is 0 Å².